The first-order valence-electron chi connectivity index (χ1n) is 7.15. The highest BCUT2D eigenvalue weighted by molar-refractivity contribution is 6.30. The van der Waals surface area contributed by atoms with Gasteiger partial charge in [0.2, 0.25) is 5.91 Å². The van der Waals surface area contributed by atoms with Crippen molar-refractivity contribution in [3.63, 3.8) is 0 Å². The molecule has 0 saturated heterocycles. The highest BCUT2D eigenvalue weighted by atomic mass is 35.5. The quantitative estimate of drug-likeness (QED) is 0.821. The van der Waals surface area contributed by atoms with Crippen LogP contribution < -0.4 is 5.32 Å². The minimum absolute atomic E-state index is 0.0536. The van der Waals surface area contributed by atoms with E-state index >= 15 is 0 Å². The molecular weight excluding hydrogens is 298 g/mol. The van der Waals surface area contributed by atoms with E-state index < -0.39 is 0 Å². The molecule has 0 spiro atoms. The average Bonchev–Trinajstić information content (AvgIpc) is 2.52. The van der Waals surface area contributed by atoms with Gasteiger partial charge in [0.1, 0.15) is 0 Å². The SMILES string of the molecule is Cc1ccc(CNC(=O)CCC(=O)c2ccc(Cl)cc2)cc1. The van der Waals surface area contributed by atoms with Gasteiger partial charge in [-0.15, -0.1) is 0 Å². The lowest BCUT2D eigenvalue weighted by molar-refractivity contribution is -0.121. The number of aryl methyl sites for hydroxylation is 1. The zero-order valence-corrected chi connectivity index (χ0v) is 13.2. The number of carbonyl (C=O) groups is 2. The molecule has 0 heterocycles. The van der Waals surface area contributed by atoms with Crippen LogP contribution in [0.4, 0.5) is 0 Å². The van der Waals surface area contributed by atoms with Gasteiger partial charge >= 0.3 is 0 Å². The van der Waals surface area contributed by atoms with Crippen molar-refractivity contribution < 1.29 is 9.59 Å². The lowest BCUT2D eigenvalue weighted by atomic mass is 10.1. The average molecular weight is 316 g/mol. The van der Waals surface area contributed by atoms with Gasteiger partial charge in [0, 0.05) is 30.0 Å². The molecule has 2 aromatic carbocycles. The van der Waals surface area contributed by atoms with Gasteiger partial charge in [-0.1, -0.05) is 41.4 Å². The molecule has 0 bridgehead atoms. The second kappa shape index (κ2) is 7.76. The van der Waals surface area contributed by atoms with Crippen LogP contribution in [-0.2, 0) is 11.3 Å². The molecule has 0 aliphatic rings. The predicted molar refractivity (Wildman–Crippen MR) is 88.0 cm³/mol. The molecule has 0 aliphatic carbocycles. The van der Waals surface area contributed by atoms with Crippen molar-refractivity contribution >= 4 is 23.3 Å². The van der Waals surface area contributed by atoms with E-state index in [2.05, 4.69) is 5.32 Å². The topological polar surface area (TPSA) is 46.2 Å². The van der Waals surface area contributed by atoms with Gasteiger partial charge in [0.05, 0.1) is 0 Å². The van der Waals surface area contributed by atoms with E-state index in [1.807, 2.05) is 31.2 Å². The fourth-order valence-electron chi connectivity index (χ4n) is 2.00. The summed E-state index contributed by atoms with van der Waals surface area (Å²) in [6, 6.07) is 14.7. The first kappa shape index (κ1) is 16.2. The summed E-state index contributed by atoms with van der Waals surface area (Å²) < 4.78 is 0. The number of rotatable bonds is 6. The summed E-state index contributed by atoms with van der Waals surface area (Å²) in [6.07, 6.45) is 0.384. The Morgan fingerprint density at radius 2 is 1.59 bits per heavy atom. The number of hydrogen-bond acceptors (Lipinski definition) is 2. The van der Waals surface area contributed by atoms with Crippen LogP contribution in [-0.4, -0.2) is 11.7 Å². The molecule has 2 rings (SSSR count). The maximum absolute atomic E-state index is 11.9. The van der Waals surface area contributed by atoms with Crippen LogP contribution in [0.5, 0.6) is 0 Å². The lowest BCUT2D eigenvalue weighted by Gasteiger charge is -2.06. The van der Waals surface area contributed by atoms with Gasteiger partial charge in [-0.2, -0.15) is 0 Å². The molecule has 3 nitrogen and oxygen atoms in total. The first-order chi connectivity index (χ1) is 10.5. The standard InChI is InChI=1S/C18H18ClNO2/c1-13-2-4-14(5-3-13)12-20-18(22)11-10-17(21)15-6-8-16(19)9-7-15/h2-9H,10-12H2,1H3,(H,20,22). The fraction of sp³-hybridized carbons (Fsp3) is 0.222. The molecule has 0 radical (unpaired) electrons. The Morgan fingerprint density at radius 3 is 2.23 bits per heavy atom. The van der Waals surface area contributed by atoms with Crippen LogP contribution in [0, 0.1) is 6.92 Å². The molecule has 2 aromatic rings. The van der Waals surface area contributed by atoms with Gasteiger partial charge in [0.25, 0.3) is 0 Å². The molecule has 0 aromatic heterocycles. The molecule has 4 heteroatoms. The molecule has 114 valence electrons. The summed E-state index contributed by atoms with van der Waals surface area (Å²) in [4.78, 5) is 23.7. The summed E-state index contributed by atoms with van der Waals surface area (Å²) in [5.41, 5.74) is 2.81. The second-order valence-corrected chi connectivity index (χ2v) is 5.63. The Morgan fingerprint density at radius 1 is 0.955 bits per heavy atom. The third-order valence-corrected chi connectivity index (χ3v) is 3.61. The molecule has 0 saturated carbocycles. The van der Waals surface area contributed by atoms with Crippen molar-refractivity contribution in [1.29, 1.82) is 0 Å². The minimum atomic E-state index is -0.122. The van der Waals surface area contributed by atoms with Crippen LogP contribution in [0.25, 0.3) is 0 Å². The van der Waals surface area contributed by atoms with Crippen LogP contribution in [0.2, 0.25) is 5.02 Å². The van der Waals surface area contributed by atoms with Crippen LogP contribution >= 0.6 is 11.6 Å². The molecular formula is C18H18ClNO2. The molecule has 0 unspecified atom stereocenters. The van der Waals surface area contributed by atoms with E-state index in [4.69, 9.17) is 11.6 Å². The summed E-state index contributed by atoms with van der Waals surface area (Å²) in [5.74, 6) is -0.176. The zero-order valence-electron chi connectivity index (χ0n) is 12.4. The number of nitrogens with one attached hydrogen (secondary N) is 1. The number of carbonyl (C=O) groups excluding carboxylic acids is 2. The molecule has 1 amide bonds. The lowest BCUT2D eigenvalue weighted by Crippen LogP contribution is -2.23. The Labute approximate surface area is 135 Å². The molecule has 0 fully saturated rings. The zero-order chi connectivity index (χ0) is 15.9. The number of Topliss-reactive ketones (excluding diaryl/α,β-unsaturated/α-hetero) is 1. The van der Waals surface area contributed by atoms with Gasteiger partial charge < -0.3 is 5.32 Å². The molecule has 0 aliphatic heterocycles. The monoisotopic (exact) mass is 315 g/mol. The van der Waals surface area contributed by atoms with Gasteiger partial charge in [-0.05, 0) is 36.8 Å². The smallest absolute Gasteiger partial charge is 0.220 e. The van der Waals surface area contributed by atoms with Gasteiger partial charge in [-0.25, -0.2) is 0 Å². The summed E-state index contributed by atoms with van der Waals surface area (Å²) in [5, 5.41) is 3.41. The van der Waals surface area contributed by atoms with E-state index in [-0.39, 0.29) is 24.5 Å². The normalized spacial score (nSPS) is 10.3. The Kier molecular flexibility index (Phi) is 5.73. The summed E-state index contributed by atoms with van der Waals surface area (Å²) >= 11 is 5.78. The highest BCUT2D eigenvalue weighted by Gasteiger charge is 2.09. The summed E-state index contributed by atoms with van der Waals surface area (Å²) in [7, 11) is 0. The maximum Gasteiger partial charge on any atom is 0.220 e. The minimum Gasteiger partial charge on any atom is -0.352 e. The van der Waals surface area contributed by atoms with Crippen LogP contribution in [0.15, 0.2) is 48.5 Å². The Hall–Kier alpha value is -2.13. The van der Waals surface area contributed by atoms with Crippen molar-refractivity contribution in [2.45, 2.75) is 26.3 Å². The number of ketones is 1. The highest BCUT2D eigenvalue weighted by Crippen LogP contribution is 2.12. The van der Waals surface area contributed by atoms with E-state index in [1.54, 1.807) is 24.3 Å². The number of benzene rings is 2. The van der Waals surface area contributed by atoms with E-state index in [0.717, 1.165) is 5.56 Å². The van der Waals surface area contributed by atoms with Gasteiger partial charge in [-0.3, -0.25) is 9.59 Å². The van der Waals surface area contributed by atoms with E-state index in [0.29, 0.717) is 17.1 Å². The van der Waals surface area contributed by atoms with Gasteiger partial charge in [0.15, 0.2) is 5.78 Å². The molecule has 1 N–H and O–H groups in total. The first-order valence-corrected chi connectivity index (χ1v) is 7.53. The molecule has 0 atom stereocenters. The largest absolute Gasteiger partial charge is 0.352 e. The third kappa shape index (κ3) is 5.01. The Bertz CT molecular complexity index is 648. The van der Waals surface area contributed by atoms with Crippen molar-refractivity contribution in [2.75, 3.05) is 0 Å². The summed E-state index contributed by atoms with van der Waals surface area (Å²) in [6.45, 7) is 2.50. The second-order valence-electron chi connectivity index (χ2n) is 5.19. The number of hydrogen-bond donors (Lipinski definition) is 1. The van der Waals surface area contributed by atoms with Crippen molar-refractivity contribution in [2.24, 2.45) is 0 Å². The van der Waals surface area contributed by atoms with Crippen molar-refractivity contribution in [3.05, 3.63) is 70.2 Å². The molecule has 22 heavy (non-hydrogen) atoms. The van der Waals surface area contributed by atoms with Crippen LogP contribution in [0.1, 0.15) is 34.3 Å². The predicted octanol–water partition coefficient (Wildman–Crippen LogP) is 3.93. The third-order valence-electron chi connectivity index (χ3n) is 3.36. The fourth-order valence-corrected chi connectivity index (χ4v) is 2.13. The van der Waals surface area contributed by atoms with Crippen molar-refractivity contribution in [1.82, 2.24) is 5.32 Å². The van der Waals surface area contributed by atoms with E-state index in [9.17, 15) is 9.59 Å². The Balaban J connectivity index is 1.76. The van der Waals surface area contributed by atoms with E-state index in [1.165, 1.54) is 5.56 Å². The van der Waals surface area contributed by atoms with Crippen LogP contribution in [0.3, 0.4) is 0 Å². The number of amides is 1. The number of halogens is 1. The van der Waals surface area contributed by atoms with Crippen molar-refractivity contribution in [3.8, 4) is 0 Å². The maximum atomic E-state index is 11.9.